The van der Waals surface area contributed by atoms with Gasteiger partial charge in [0.05, 0.1) is 15.6 Å². The molecule has 20 heavy (non-hydrogen) atoms. The topological polar surface area (TPSA) is 79.3 Å². The minimum absolute atomic E-state index is 0.0103. The molecule has 7 heteroatoms. The SMILES string of the molecule is O=C(O)c1ccc(C(=O)Nc2ccc(Cl)c(Cl)c2)nc1. The van der Waals surface area contributed by atoms with Crippen LogP contribution in [0, 0.1) is 0 Å². The van der Waals surface area contributed by atoms with Crippen molar-refractivity contribution in [2.45, 2.75) is 0 Å². The molecule has 0 bridgehead atoms. The summed E-state index contributed by atoms with van der Waals surface area (Å²) in [6.07, 6.45) is 1.12. The van der Waals surface area contributed by atoms with Crippen LogP contribution in [0.3, 0.4) is 0 Å². The number of halogens is 2. The molecule has 0 aliphatic heterocycles. The molecule has 0 saturated heterocycles. The number of carbonyl (C=O) groups excluding carboxylic acids is 1. The standard InChI is InChI=1S/C13H8Cl2N2O3/c14-9-3-2-8(5-10(9)15)17-12(18)11-4-1-7(6-16-11)13(19)20/h1-6H,(H,17,18)(H,19,20). The Morgan fingerprint density at radius 3 is 2.40 bits per heavy atom. The first kappa shape index (κ1) is 14.3. The molecule has 0 unspecified atom stereocenters. The summed E-state index contributed by atoms with van der Waals surface area (Å²) in [5, 5.41) is 12.0. The molecule has 1 amide bonds. The van der Waals surface area contributed by atoms with Crippen molar-refractivity contribution < 1.29 is 14.7 Å². The smallest absolute Gasteiger partial charge is 0.337 e. The van der Waals surface area contributed by atoms with Crippen molar-refractivity contribution in [1.29, 1.82) is 0 Å². The number of nitrogens with zero attached hydrogens (tertiary/aromatic N) is 1. The summed E-state index contributed by atoms with van der Waals surface area (Å²) in [7, 11) is 0. The highest BCUT2D eigenvalue weighted by molar-refractivity contribution is 6.42. The number of amides is 1. The number of pyridine rings is 1. The van der Waals surface area contributed by atoms with Crippen LogP contribution in [-0.4, -0.2) is 22.0 Å². The van der Waals surface area contributed by atoms with Gasteiger partial charge in [-0.1, -0.05) is 23.2 Å². The Morgan fingerprint density at radius 2 is 1.85 bits per heavy atom. The zero-order chi connectivity index (χ0) is 14.7. The molecule has 1 aromatic carbocycles. The molecule has 0 fully saturated rings. The van der Waals surface area contributed by atoms with E-state index in [1.54, 1.807) is 12.1 Å². The Hall–Kier alpha value is -2.11. The van der Waals surface area contributed by atoms with Crippen molar-refractivity contribution in [2.24, 2.45) is 0 Å². The van der Waals surface area contributed by atoms with E-state index >= 15 is 0 Å². The molecule has 1 aromatic heterocycles. The van der Waals surface area contributed by atoms with Crippen molar-refractivity contribution in [3.8, 4) is 0 Å². The number of anilines is 1. The lowest BCUT2D eigenvalue weighted by molar-refractivity contribution is 0.0696. The third-order valence-electron chi connectivity index (χ3n) is 2.42. The summed E-state index contributed by atoms with van der Waals surface area (Å²) >= 11 is 11.6. The summed E-state index contributed by atoms with van der Waals surface area (Å²) in [4.78, 5) is 26.4. The number of carboxylic acids is 1. The lowest BCUT2D eigenvalue weighted by Gasteiger charge is -2.06. The molecule has 0 atom stereocenters. The highest BCUT2D eigenvalue weighted by Crippen LogP contribution is 2.25. The number of nitrogens with one attached hydrogen (secondary N) is 1. The van der Waals surface area contributed by atoms with Crippen molar-refractivity contribution >= 4 is 40.8 Å². The monoisotopic (exact) mass is 310 g/mol. The van der Waals surface area contributed by atoms with Gasteiger partial charge in [0, 0.05) is 11.9 Å². The molecule has 0 radical (unpaired) electrons. The van der Waals surface area contributed by atoms with Crippen LogP contribution in [0.25, 0.3) is 0 Å². The second kappa shape index (κ2) is 5.90. The zero-order valence-corrected chi connectivity index (χ0v) is 11.4. The minimum Gasteiger partial charge on any atom is -0.478 e. The summed E-state index contributed by atoms with van der Waals surface area (Å²) in [6, 6.07) is 7.29. The number of carboxylic acid groups (broad SMARTS) is 1. The van der Waals surface area contributed by atoms with Gasteiger partial charge in [-0.25, -0.2) is 4.79 Å². The molecule has 2 N–H and O–H groups in total. The van der Waals surface area contributed by atoms with Gasteiger partial charge in [0.1, 0.15) is 5.69 Å². The summed E-state index contributed by atoms with van der Waals surface area (Å²) in [6.45, 7) is 0. The van der Waals surface area contributed by atoms with E-state index in [0.29, 0.717) is 15.7 Å². The van der Waals surface area contributed by atoms with Crippen LogP contribution in [-0.2, 0) is 0 Å². The summed E-state index contributed by atoms with van der Waals surface area (Å²) in [5.41, 5.74) is 0.575. The summed E-state index contributed by atoms with van der Waals surface area (Å²) in [5.74, 6) is -1.57. The van der Waals surface area contributed by atoms with E-state index in [1.807, 2.05) is 0 Å². The number of hydrogen-bond donors (Lipinski definition) is 2. The first-order chi connectivity index (χ1) is 9.47. The molecular formula is C13H8Cl2N2O3. The number of hydrogen-bond acceptors (Lipinski definition) is 3. The number of aromatic nitrogens is 1. The molecule has 2 rings (SSSR count). The molecule has 5 nitrogen and oxygen atoms in total. The Balaban J connectivity index is 2.15. The second-order valence-corrected chi connectivity index (χ2v) is 4.63. The van der Waals surface area contributed by atoms with Gasteiger partial charge in [0.25, 0.3) is 5.91 Å². The number of aromatic carboxylic acids is 1. The number of benzene rings is 1. The van der Waals surface area contributed by atoms with Crippen LogP contribution in [0.4, 0.5) is 5.69 Å². The van der Waals surface area contributed by atoms with Crippen LogP contribution >= 0.6 is 23.2 Å². The Kier molecular flexibility index (Phi) is 4.22. The maximum absolute atomic E-state index is 11.9. The van der Waals surface area contributed by atoms with Crippen LogP contribution in [0.2, 0.25) is 10.0 Å². The fourth-order valence-electron chi connectivity index (χ4n) is 1.42. The van der Waals surface area contributed by atoms with Crippen LogP contribution in [0.1, 0.15) is 20.8 Å². The molecule has 2 aromatic rings. The quantitative estimate of drug-likeness (QED) is 0.911. The Labute approximate surface area is 124 Å². The van der Waals surface area contributed by atoms with Gasteiger partial charge in [-0.2, -0.15) is 0 Å². The minimum atomic E-state index is -1.10. The molecule has 102 valence electrons. The van der Waals surface area contributed by atoms with E-state index in [9.17, 15) is 9.59 Å². The average molecular weight is 311 g/mol. The average Bonchev–Trinajstić information content (AvgIpc) is 2.43. The predicted octanol–water partition coefficient (Wildman–Crippen LogP) is 3.34. The van der Waals surface area contributed by atoms with E-state index in [1.165, 1.54) is 18.2 Å². The molecular weight excluding hydrogens is 303 g/mol. The van der Waals surface area contributed by atoms with Crippen molar-refractivity contribution in [2.75, 3.05) is 5.32 Å². The highest BCUT2D eigenvalue weighted by atomic mass is 35.5. The maximum atomic E-state index is 11.9. The van der Waals surface area contributed by atoms with Gasteiger partial charge >= 0.3 is 5.97 Å². The van der Waals surface area contributed by atoms with Gasteiger partial charge in [0.15, 0.2) is 0 Å². The lowest BCUT2D eigenvalue weighted by atomic mass is 10.2. The van der Waals surface area contributed by atoms with Crippen LogP contribution in [0.5, 0.6) is 0 Å². The largest absolute Gasteiger partial charge is 0.478 e. The van der Waals surface area contributed by atoms with Crippen molar-refractivity contribution in [1.82, 2.24) is 4.98 Å². The normalized spacial score (nSPS) is 10.1. The molecule has 0 aliphatic carbocycles. The molecule has 0 saturated carbocycles. The number of carbonyl (C=O) groups is 2. The van der Waals surface area contributed by atoms with Crippen molar-refractivity contribution in [3.63, 3.8) is 0 Å². The van der Waals surface area contributed by atoms with Gasteiger partial charge < -0.3 is 10.4 Å². The van der Waals surface area contributed by atoms with E-state index < -0.39 is 11.9 Å². The maximum Gasteiger partial charge on any atom is 0.337 e. The van der Waals surface area contributed by atoms with E-state index in [0.717, 1.165) is 6.20 Å². The fourth-order valence-corrected chi connectivity index (χ4v) is 1.72. The van der Waals surface area contributed by atoms with Gasteiger partial charge in [-0.3, -0.25) is 9.78 Å². The Bertz CT molecular complexity index is 672. The van der Waals surface area contributed by atoms with Crippen LogP contribution < -0.4 is 5.32 Å². The summed E-state index contributed by atoms with van der Waals surface area (Å²) < 4.78 is 0. The number of rotatable bonds is 3. The molecule has 0 aliphatic rings. The molecule has 1 heterocycles. The predicted molar refractivity (Wildman–Crippen MR) is 75.6 cm³/mol. The van der Waals surface area contributed by atoms with Crippen LogP contribution in [0.15, 0.2) is 36.5 Å². The van der Waals surface area contributed by atoms with E-state index in [2.05, 4.69) is 10.3 Å². The van der Waals surface area contributed by atoms with Gasteiger partial charge in [0.2, 0.25) is 0 Å². The highest BCUT2D eigenvalue weighted by Gasteiger charge is 2.10. The van der Waals surface area contributed by atoms with Crippen molar-refractivity contribution in [3.05, 3.63) is 57.8 Å². The lowest BCUT2D eigenvalue weighted by Crippen LogP contribution is -2.14. The molecule has 0 spiro atoms. The first-order valence-electron chi connectivity index (χ1n) is 5.43. The third-order valence-corrected chi connectivity index (χ3v) is 3.16. The van der Waals surface area contributed by atoms with E-state index in [-0.39, 0.29) is 11.3 Å². The van der Waals surface area contributed by atoms with Gasteiger partial charge in [-0.15, -0.1) is 0 Å². The zero-order valence-electron chi connectivity index (χ0n) is 9.93. The van der Waals surface area contributed by atoms with Gasteiger partial charge in [-0.05, 0) is 30.3 Å². The third kappa shape index (κ3) is 3.26. The first-order valence-corrected chi connectivity index (χ1v) is 6.18. The Morgan fingerprint density at radius 1 is 1.10 bits per heavy atom. The second-order valence-electron chi connectivity index (χ2n) is 3.82. The van der Waals surface area contributed by atoms with E-state index in [4.69, 9.17) is 28.3 Å². The fraction of sp³-hybridized carbons (Fsp3) is 0.